The van der Waals surface area contributed by atoms with E-state index >= 15 is 0 Å². The van der Waals surface area contributed by atoms with E-state index in [0.29, 0.717) is 17.9 Å². The molecule has 0 fully saturated rings. The lowest BCUT2D eigenvalue weighted by atomic mass is 10.0. The Hall–Kier alpha value is -2.27. The van der Waals surface area contributed by atoms with E-state index < -0.39 is 0 Å². The Morgan fingerprint density at radius 1 is 1.23 bits per heavy atom. The van der Waals surface area contributed by atoms with Gasteiger partial charge in [0.2, 0.25) is 6.79 Å². The molecule has 5 nitrogen and oxygen atoms in total. The number of nitrogens with two attached hydrogens (primary N) is 1. The monoisotopic (exact) mass is 300 g/mol. The van der Waals surface area contributed by atoms with Crippen LogP contribution in [0.1, 0.15) is 24.5 Å². The van der Waals surface area contributed by atoms with Crippen LogP contribution >= 0.6 is 0 Å². The van der Waals surface area contributed by atoms with E-state index in [4.69, 9.17) is 15.2 Å². The highest BCUT2D eigenvalue weighted by atomic mass is 16.7. The van der Waals surface area contributed by atoms with E-state index in [1.807, 2.05) is 31.2 Å². The number of nitrogens with zero attached hydrogens (tertiary/aromatic N) is 1. The van der Waals surface area contributed by atoms with Crippen LogP contribution < -0.4 is 20.8 Å². The van der Waals surface area contributed by atoms with Gasteiger partial charge in [-0.3, -0.25) is 4.79 Å². The van der Waals surface area contributed by atoms with E-state index in [9.17, 15) is 4.79 Å². The van der Waals surface area contributed by atoms with Crippen molar-refractivity contribution in [2.24, 2.45) is 5.73 Å². The third kappa shape index (κ3) is 2.37. The Bertz CT molecular complexity index is 765. The first-order valence-electron chi connectivity index (χ1n) is 7.49. The maximum atomic E-state index is 12.7. The smallest absolute Gasteiger partial charge is 0.255 e. The third-order valence-electron chi connectivity index (χ3n) is 3.94. The molecule has 2 aromatic rings. The lowest BCUT2D eigenvalue weighted by Crippen LogP contribution is -2.28. The molecule has 0 unspecified atom stereocenters. The number of hydrogen-bond donors (Lipinski definition) is 1. The second-order valence-corrected chi connectivity index (χ2v) is 5.42. The van der Waals surface area contributed by atoms with Gasteiger partial charge in [0.25, 0.3) is 5.56 Å². The third-order valence-corrected chi connectivity index (χ3v) is 3.94. The summed E-state index contributed by atoms with van der Waals surface area (Å²) in [5.41, 5.74) is 9.16. The minimum Gasteiger partial charge on any atom is -0.454 e. The zero-order valence-corrected chi connectivity index (χ0v) is 12.9. The van der Waals surface area contributed by atoms with Crippen molar-refractivity contribution < 1.29 is 9.47 Å². The normalized spacial score (nSPS) is 12.7. The summed E-state index contributed by atoms with van der Waals surface area (Å²) in [6.07, 6.45) is 0.879. The summed E-state index contributed by atoms with van der Waals surface area (Å²) in [6.45, 7) is 5.14. The molecule has 5 heteroatoms. The van der Waals surface area contributed by atoms with Gasteiger partial charge < -0.3 is 19.8 Å². The van der Waals surface area contributed by atoms with Crippen molar-refractivity contribution in [3.8, 4) is 22.8 Å². The van der Waals surface area contributed by atoms with Crippen LogP contribution in [0.25, 0.3) is 11.3 Å². The molecule has 2 heterocycles. The minimum atomic E-state index is -0.00276. The average Bonchev–Trinajstić information content (AvgIpc) is 2.98. The molecule has 0 atom stereocenters. The van der Waals surface area contributed by atoms with Crippen LogP contribution in [-0.4, -0.2) is 11.4 Å². The molecule has 1 aromatic heterocycles. The molecule has 0 amide bonds. The second kappa shape index (κ2) is 5.85. The van der Waals surface area contributed by atoms with Crippen LogP contribution in [0.2, 0.25) is 0 Å². The molecule has 0 radical (unpaired) electrons. The van der Waals surface area contributed by atoms with Crippen molar-refractivity contribution in [3.63, 3.8) is 0 Å². The van der Waals surface area contributed by atoms with Gasteiger partial charge in [-0.25, -0.2) is 0 Å². The van der Waals surface area contributed by atoms with Crippen LogP contribution in [0.5, 0.6) is 11.5 Å². The number of aromatic nitrogens is 1. The van der Waals surface area contributed by atoms with Crippen LogP contribution in [0.4, 0.5) is 0 Å². The Balaban J connectivity index is 2.19. The molecule has 0 bridgehead atoms. The summed E-state index contributed by atoms with van der Waals surface area (Å²) in [7, 11) is 0. The Kier molecular flexibility index (Phi) is 3.90. The van der Waals surface area contributed by atoms with Crippen molar-refractivity contribution >= 4 is 0 Å². The number of fused-ring (bicyclic) bond motifs is 1. The average molecular weight is 300 g/mol. The molecule has 1 aliphatic heterocycles. The molecule has 3 rings (SSSR count). The molecular weight excluding hydrogens is 280 g/mol. The summed E-state index contributed by atoms with van der Waals surface area (Å²) < 4.78 is 12.6. The Labute approximate surface area is 129 Å². The van der Waals surface area contributed by atoms with Crippen LogP contribution in [0, 0.1) is 6.92 Å². The van der Waals surface area contributed by atoms with Gasteiger partial charge in [-0.2, -0.15) is 0 Å². The fourth-order valence-corrected chi connectivity index (χ4v) is 2.80. The summed E-state index contributed by atoms with van der Waals surface area (Å²) in [4.78, 5) is 12.7. The van der Waals surface area contributed by atoms with Gasteiger partial charge in [-0.15, -0.1) is 0 Å². The van der Waals surface area contributed by atoms with Gasteiger partial charge in [-0.05, 0) is 43.2 Å². The fourth-order valence-electron chi connectivity index (χ4n) is 2.80. The highest BCUT2D eigenvalue weighted by Gasteiger charge is 2.17. The van der Waals surface area contributed by atoms with Gasteiger partial charge in [0.15, 0.2) is 11.5 Å². The summed E-state index contributed by atoms with van der Waals surface area (Å²) in [5, 5.41) is 0. The van der Waals surface area contributed by atoms with Crippen LogP contribution in [-0.2, 0) is 13.1 Å². The molecule has 1 aromatic carbocycles. The molecule has 0 spiro atoms. The first-order chi connectivity index (χ1) is 10.7. The molecule has 1 aliphatic rings. The highest BCUT2D eigenvalue weighted by molar-refractivity contribution is 5.65. The minimum absolute atomic E-state index is 0.00276. The molecule has 22 heavy (non-hydrogen) atoms. The number of aryl methyl sites for hydroxylation is 1. The molecule has 0 saturated heterocycles. The Morgan fingerprint density at radius 2 is 2.00 bits per heavy atom. The van der Waals surface area contributed by atoms with Crippen LogP contribution in [0.3, 0.4) is 0 Å². The molecular formula is C17H20N2O3. The van der Waals surface area contributed by atoms with E-state index in [0.717, 1.165) is 29.0 Å². The van der Waals surface area contributed by atoms with Gasteiger partial charge >= 0.3 is 0 Å². The van der Waals surface area contributed by atoms with Gasteiger partial charge in [0.05, 0.1) is 5.69 Å². The number of hydrogen-bond acceptors (Lipinski definition) is 4. The zero-order chi connectivity index (χ0) is 15.7. The van der Waals surface area contributed by atoms with Crippen molar-refractivity contribution in [2.45, 2.75) is 33.4 Å². The number of pyridine rings is 1. The molecule has 116 valence electrons. The van der Waals surface area contributed by atoms with E-state index in [1.165, 1.54) is 0 Å². The SMILES string of the molecule is CCCn1c(-c2ccc3c(c2)OCO3)cc(C)c(CN)c1=O. The number of benzene rings is 1. The van der Waals surface area contributed by atoms with Crippen molar-refractivity contribution in [1.82, 2.24) is 4.57 Å². The summed E-state index contributed by atoms with van der Waals surface area (Å²) >= 11 is 0. The fraction of sp³-hybridized carbons (Fsp3) is 0.353. The predicted molar refractivity (Wildman–Crippen MR) is 85.2 cm³/mol. The topological polar surface area (TPSA) is 66.5 Å². The predicted octanol–water partition coefficient (Wildman–Crippen LogP) is 2.42. The zero-order valence-electron chi connectivity index (χ0n) is 12.9. The molecule has 0 saturated carbocycles. The number of ether oxygens (including phenoxy) is 2. The van der Waals surface area contributed by atoms with E-state index in [-0.39, 0.29) is 18.9 Å². The first kappa shape index (κ1) is 14.7. The maximum absolute atomic E-state index is 12.7. The quantitative estimate of drug-likeness (QED) is 0.941. The van der Waals surface area contributed by atoms with Crippen molar-refractivity contribution in [2.75, 3.05) is 6.79 Å². The first-order valence-corrected chi connectivity index (χ1v) is 7.49. The Morgan fingerprint density at radius 3 is 2.73 bits per heavy atom. The van der Waals surface area contributed by atoms with Crippen molar-refractivity contribution in [1.29, 1.82) is 0 Å². The molecule has 0 aliphatic carbocycles. The lowest BCUT2D eigenvalue weighted by Gasteiger charge is -2.16. The van der Waals surface area contributed by atoms with Gasteiger partial charge in [0.1, 0.15) is 0 Å². The van der Waals surface area contributed by atoms with Gasteiger partial charge in [-0.1, -0.05) is 6.92 Å². The van der Waals surface area contributed by atoms with Crippen LogP contribution in [0.15, 0.2) is 29.1 Å². The molecule has 2 N–H and O–H groups in total. The van der Waals surface area contributed by atoms with E-state index in [2.05, 4.69) is 6.92 Å². The standard InChI is InChI=1S/C17H20N2O3/c1-3-6-19-14(7-11(2)13(9-18)17(19)20)12-4-5-15-16(8-12)22-10-21-15/h4-5,7-8H,3,6,9-10,18H2,1-2H3. The number of rotatable bonds is 4. The summed E-state index contributed by atoms with van der Waals surface area (Å²) in [5.74, 6) is 1.46. The maximum Gasteiger partial charge on any atom is 0.255 e. The van der Waals surface area contributed by atoms with E-state index in [1.54, 1.807) is 4.57 Å². The summed E-state index contributed by atoms with van der Waals surface area (Å²) in [6, 6.07) is 7.78. The van der Waals surface area contributed by atoms with Gasteiger partial charge in [0, 0.05) is 24.2 Å². The highest BCUT2D eigenvalue weighted by Crippen LogP contribution is 2.36. The largest absolute Gasteiger partial charge is 0.454 e. The lowest BCUT2D eigenvalue weighted by molar-refractivity contribution is 0.174. The second-order valence-electron chi connectivity index (χ2n) is 5.42. The van der Waals surface area contributed by atoms with Crippen molar-refractivity contribution in [3.05, 3.63) is 45.7 Å².